The van der Waals surface area contributed by atoms with Crippen LogP contribution in [0.3, 0.4) is 0 Å². The van der Waals surface area contributed by atoms with Crippen LogP contribution in [0.4, 0.5) is 18.3 Å². The number of hydrogen-bond donors (Lipinski definition) is 0. The van der Waals surface area contributed by atoms with Crippen LogP contribution in [0.5, 0.6) is 0 Å². The maximum absolute atomic E-state index is 12.7. The number of nitrogens with zero attached hydrogens (tertiary/aromatic N) is 2. The molecule has 0 aliphatic heterocycles. The molecule has 0 bridgehead atoms. The predicted octanol–water partition coefficient (Wildman–Crippen LogP) is 3.09. The average Bonchev–Trinajstić information content (AvgIpc) is 3.13. The predicted molar refractivity (Wildman–Crippen MR) is 85.9 cm³/mol. The normalized spacial score (nSPS) is 16.5. The van der Waals surface area contributed by atoms with Crippen molar-refractivity contribution >= 4 is 32.2 Å². The van der Waals surface area contributed by atoms with Crippen molar-refractivity contribution in [2.45, 2.75) is 50.5 Å². The number of aromatic nitrogens is 1. The van der Waals surface area contributed by atoms with E-state index in [1.165, 1.54) is 0 Å². The molecule has 1 aliphatic rings. The lowest BCUT2D eigenvalue weighted by atomic mass is 10.4. The van der Waals surface area contributed by atoms with E-state index in [-0.39, 0.29) is 5.13 Å². The standard InChI is InChI=1S/C14H19F3N2O3S2/c1-10-8-23-13(18-10)19(9-14(15,16)17)12(20)6-7-24(21,22)11-4-2-3-5-11/h8,11H,2-7,9H2,1H3. The number of thiazole rings is 1. The Hall–Kier alpha value is -1.16. The van der Waals surface area contributed by atoms with Crippen LogP contribution in [0.1, 0.15) is 37.8 Å². The SMILES string of the molecule is Cc1csc(N(CC(F)(F)F)C(=O)CCS(=O)(=O)C2CCCC2)n1. The molecule has 1 amide bonds. The molecule has 10 heteroatoms. The van der Waals surface area contributed by atoms with Gasteiger partial charge in [0.25, 0.3) is 0 Å². The number of alkyl halides is 3. The molecule has 0 unspecified atom stereocenters. The molecule has 24 heavy (non-hydrogen) atoms. The van der Waals surface area contributed by atoms with E-state index in [1.807, 2.05) is 0 Å². The van der Waals surface area contributed by atoms with Crippen molar-refractivity contribution in [2.24, 2.45) is 0 Å². The van der Waals surface area contributed by atoms with Crippen LogP contribution in [-0.4, -0.2) is 43.0 Å². The average molecular weight is 384 g/mol. The highest BCUT2D eigenvalue weighted by molar-refractivity contribution is 7.92. The minimum Gasteiger partial charge on any atom is -0.279 e. The summed E-state index contributed by atoms with van der Waals surface area (Å²) in [5, 5.41) is 1.01. The van der Waals surface area contributed by atoms with E-state index in [4.69, 9.17) is 0 Å². The Morgan fingerprint density at radius 2 is 2.00 bits per heavy atom. The molecule has 0 N–H and O–H groups in total. The Labute approximate surface area is 142 Å². The van der Waals surface area contributed by atoms with Crippen LogP contribution in [0.25, 0.3) is 0 Å². The summed E-state index contributed by atoms with van der Waals surface area (Å²) in [5.74, 6) is -1.29. The Bertz CT molecular complexity index is 680. The zero-order valence-corrected chi connectivity index (χ0v) is 14.8. The largest absolute Gasteiger partial charge is 0.406 e. The minimum absolute atomic E-state index is 0.0620. The molecule has 1 heterocycles. The third kappa shape index (κ3) is 5.17. The molecule has 0 radical (unpaired) electrons. The molecule has 0 spiro atoms. The Kier molecular flexibility index (Phi) is 5.90. The van der Waals surface area contributed by atoms with Crippen LogP contribution in [0, 0.1) is 6.92 Å². The molecule has 1 aromatic rings. The number of amides is 1. The van der Waals surface area contributed by atoms with E-state index in [0.717, 1.165) is 24.2 Å². The van der Waals surface area contributed by atoms with Crippen LogP contribution in [0.2, 0.25) is 0 Å². The number of carbonyl (C=O) groups is 1. The summed E-state index contributed by atoms with van der Waals surface area (Å²) in [5.41, 5.74) is 0.508. The topological polar surface area (TPSA) is 67.3 Å². The Morgan fingerprint density at radius 3 is 2.50 bits per heavy atom. The van der Waals surface area contributed by atoms with Gasteiger partial charge >= 0.3 is 6.18 Å². The van der Waals surface area contributed by atoms with Gasteiger partial charge < -0.3 is 0 Å². The fraction of sp³-hybridized carbons (Fsp3) is 0.714. The number of hydrogen-bond acceptors (Lipinski definition) is 5. The summed E-state index contributed by atoms with van der Waals surface area (Å²) in [4.78, 5) is 16.7. The molecular weight excluding hydrogens is 365 g/mol. The molecule has 0 aromatic carbocycles. The fourth-order valence-electron chi connectivity index (χ4n) is 2.69. The molecule has 0 saturated heterocycles. The first-order chi connectivity index (χ1) is 11.1. The highest BCUT2D eigenvalue weighted by Crippen LogP contribution is 2.28. The maximum Gasteiger partial charge on any atom is 0.406 e. The second-order valence-electron chi connectivity index (χ2n) is 5.89. The van der Waals surface area contributed by atoms with Gasteiger partial charge in [-0.3, -0.25) is 9.69 Å². The van der Waals surface area contributed by atoms with Crippen molar-refractivity contribution in [2.75, 3.05) is 17.2 Å². The summed E-state index contributed by atoms with van der Waals surface area (Å²) in [7, 11) is -3.46. The Morgan fingerprint density at radius 1 is 1.38 bits per heavy atom. The van der Waals surface area contributed by atoms with Crippen LogP contribution in [-0.2, 0) is 14.6 Å². The summed E-state index contributed by atoms with van der Waals surface area (Å²) >= 11 is 0.930. The van der Waals surface area contributed by atoms with Gasteiger partial charge in [0.15, 0.2) is 15.0 Å². The number of halogens is 3. The van der Waals surface area contributed by atoms with Gasteiger partial charge in [-0.1, -0.05) is 12.8 Å². The van der Waals surface area contributed by atoms with Gasteiger partial charge in [0, 0.05) is 11.8 Å². The molecule has 0 atom stereocenters. The molecule has 136 valence electrons. The van der Waals surface area contributed by atoms with Crippen LogP contribution in [0.15, 0.2) is 5.38 Å². The van der Waals surface area contributed by atoms with Crippen molar-refractivity contribution in [1.82, 2.24) is 4.98 Å². The van der Waals surface area contributed by atoms with Gasteiger partial charge in [0.2, 0.25) is 5.91 Å². The molecule has 1 aromatic heterocycles. The van der Waals surface area contributed by atoms with E-state index in [0.29, 0.717) is 23.4 Å². The van der Waals surface area contributed by atoms with Crippen molar-refractivity contribution in [1.29, 1.82) is 0 Å². The summed E-state index contributed by atoms with van der Waals surface area (Å²) in [6.45, 7) is 0.142. The lowest BCUT2D eigenvalue weighted by Crippen LogP contribution is -2.40. The van der Waals surface area contributed by atoms with Gasteiger partial charge in [0.1, 0.15) is 6.54 Å². The second-order valence-corrected chi connectivity index (χ2v) is 9.13. The first kappa shape index (κ1) is 19.2. The van der Waals surface area contributed by atoms with Gasteiger partial charge in [-0.2, -0.15) is 13.2 Å². The monoisotopic (exact) mass is 384 g/mol. The van der Waals surface area contributed by atoms with E-state index < -0.39 is 45.9 Å². The van der Waals surface area contributed by atoms with Gasteiger partial charge in [-0.25, -0.2) is 13.4 Å². The summed E-state index contributed by atoms with van der Waals surface area (Å²) in [6.07, 6.45) is -2.26. The summed E-state index contributed by atoms with van der Waals surface area (Å²) in [6, 6.07) is 0. The van der Waals surface area contributed by atoms with Gasteiger partial charge in [-0.05, 0) is 19.8 Å². The highest BCUT2D eigenvalue weighted by atomic mass is 32.2. The maximum atomic E-state index is 12.7. The first-order valence-corrected chi connectivity index (χ1v) is 10.2. The fourth-order valence-corrected chi connectivity index (χ4v) is 5.35. The van der Waals surface area contributed by atoms with Crippen LogP contribution < -0.4 is 4.90 Å². The van der Waals surface area contributed by atoms with Crippen molar-refractivity contribution in [3.8, 4) is 0 Å². The van der Waals surface area contributed by atoms with Crippen molar-refractivity contribution in [3.63, 3.8) is 0 Å². The van der Waals surface area contributed by atoms with Crippen LogP contribution >= 0.6 is 11.3 Å². The van der Waals surface area contributed by atoms with E-state index in [1.54, 1.807) is 12.3 Å². The van der Waals surface area contributed by atoms with Crippen molar-refractivity contribution < 1.29 is 26.4 Å². The molecular formula is C14H19F3N2O3S2. The van der Waals surface area contributed by atoms with E-state index >= 15 is 0 Å². The Balaban J connectivity index is 2.07. The quantitative estimate of drug-likeness (QED) is 0.756. The van der Waals surface area contributed by atoms with Gasteiger partial charge in [-0.15, -0.1) is 11.3 Å². The molecule has 1 saturated carbocycles. The third-order valence-corrected chi connectivity index (χ3v) is 7.13. The molecule has 2 rings (SSSR count). The zero-order valence-electron chi connectivity index (χ0n) is 13.2. The molecule has 1 fully saturated rings. The third-order valence-electron chi connectivity index (χ3n) is 3.89. The lowest BCUT2D eigenvalue weighted by molar-refractivity contribution is -0.132. The number of rotatable bonds is 6. The number of anilines is 1. The molecule has 5 nitrogen and oxygen atoms in total. The second kappa shape index (κ2) is 7.38. The lowest BCUT2D eigenvalue weighted by Gasteiger charge is -2.21. The first-order valence-electron chi connectivity index (χ1n) is 7.59. The summed E-state index contributed by atoms with van der Waals surface area (Å²) < 4.78 is 62.6. The molecule has 1 aliphatic carbocycles. The van der Waals surface area contributed by atoms with Crippen molar-refractivity contribution in [3.05, 3.63) is 11.1 Å². The number of carbonyl (C=O) groups excluding carboxylic acids is 1. The highest BCUT2D eigenvalue weighted by Gasteiger charge is 2.36. The zero-order chi connectivity index (χ0) is 18.0. The number of sulfone groups is 1. The number of aryl methyl sites for hydroxylation is 1. The van der Waals surface area contributed by atoms with Gasteiger partial charge in [0.05, 0.1) is 16.7 Å². The van der Waals surface area contributed by atoms with E-state index in [2.05, 4.69) is 4.98 Å². The minimum atomic E-state index is -4.58. The van der Waals surface area contributed by atoms with E-state index in [9.17, 15) is 26.4 Å². The smallest absolute Gasteiger partial charge is 0.279 e.